The summed E-state index contributed by atoms with van der Waals surface area (Å²) < 4.78 is 34.0. The van der Waals surface area contributed by atoms with Crippen molar-refractivity contribution < 1.29 is 22.7 Å². The normalized spacial score (nSPS) is 20.5. The summed E-state index contributed by atoms with van der Waals surface area (Å²) in [5.74, 6) is -0.00342. The lowest BCUT2D eigenvalue weighted by atomic mass is 9.79. The summed E-state index contributed by atoms with van der Waals surface area (Å²) in [5.41, 5.74) is 1.87. The van der Waals surface area contributed by atoms with Gasteiger partial charge in [-0.25, -0.2) is 8.42 Å². The average Bonchev–Trinajstić information content (AvgIpc) is 3.37. The van der Waals surface area contributed by atoms with Crippen molar-refractivity contribution in [2.24, 2.45) is 5.41 Å². The molecule has 1 fully saturated rings. The number of hydrogen-bond donors (Lipinski definition) is 0. The number of allylic oxidation sites excluding steroid dienone is 2. The number of fused-ring (bicyclic) bond motifs is 1. The molecule has 178 valence electrons. The quantitative estimate of drug-likeness (QED) is 0.388. The van der Waals surface area contributed by atoms with Gasteiger partial charge in [0.1, 0.15) is 5.75 Å². The lowest BCUT2D eigenvalue weighted by molar-refractivity contribution is 0.0867. The number of hydrogen-bond acceptors (Lipinski definition) is 5. The highest BCUT2D eigenvalue weighted by atomic mass is 32.2. The topological polar surface area (TPSA) is 80.8 Å². The van der Waals surface area contributed by atoms with Crippen LogP contribution in [0.2, 0.25) is 0 Å². The zero-order chi connectivity index (χ0) is 24.8. The maximum absolute atomic E-state index is 13.7. The Bertz CT molecular complexity index is 1470. The predicted molar refractivity (Wildman–Crippen MR) is 132 cm³/mol. The summed E-state index contributed by atoms with van der Waals surface area (Å²) in [6.07, 6.45) is 2.00. The van der Waals surface area contributed by atoms with Gasteiger partial charge in [-0.3, -0.25) is 13.9 Å². The third-order valence-corrected chi connectivity index (χ3v) is 8.75. The number of ketones is 2. The van der Waals surface area contributed by atoms with Crippen LogP contribution in [0.3, 0.4) is 0 Å². The van der Waals surface area contributed by atoms with E-state index in [9.17, 15) is 18.0 Å². The highest BCUT2D eigenvalue weighted by Gasteiger charge is 2.55. The van der Waals surface area contributed by atoms with Crippen LogP contribution < -0.4 is 4.74 Å². The van der Waals surface area contributed by atoms with Crippen molar-refractivity contribution in [3.05, 3.63) is 107 Å². The van der Waals surface area contributed by atoms with Crippen LogP contribution in [0.25, 0.3) is 0 Å². The molecule has 0 bridgehead atoms. The van der Waals surface area contributed by atoms with E-state index < -0.39 is 15.4 Å². The van der Waals surface area contributed by atoms with Crippen LogP contribution in [0.15, 0.2) is 89.5 Å². The third kappa shape index (κ3) is 3.76. The Hall–Kier alpha value is -3.71. The number of benzene rings is 3. The number of methoxy groups -OCH3 is 1. The van der Waals surface area contributed by atoms with Crippen LogP contribution in [0.1, 0.15) is 38.3 Å². The third-order valence-electron chi connectivity index (χ3n) is 6.92. The molecule has 0 saturated carbocycles. The zero-order valence-electron chi connectivity index (χ0n) is 19.5. The Kier molecular flexibility index (Phi) is 5.60. The first kappa shape index (κ1) is 23.1. The van der Waals surface area contributed by atoms with Crippen molar-refractivity contribution in [3.8, 4) is 5.75 Å². The molecule has 3 aromatic rings. The molecule has 1 aliphatic heterocycles. The number of carbonyl (C=O) groups is 2. The molecule has 1 spiro atoms. The molecule has 0 aromatic heterocycles. The second kappa shape index (κ2) is 8.50. The number of Topliss-reactive ketones (excluding diaryl/α,β-unsaturated/α-hetero) is 1. The molecule has 6 nitrogen and oxygen atoms in total. The molecule has 0 amide bonds. The molecular formula is C28H25NO5S. The fourth-order valence-corrected chi connectivity index (χ4v) is 6.58. The molecule has 5 rings (SSSR count). The van der Waals surface area contributed by atoms with Crippen molar-refractivity contribution in [1.29, 1.82) is 0 Å². The highest BCUT2D eigenvalue weighted by molar-refractivity contribution is 7.89. The molecule has 1 atom stereocenters. The summed E-state index contributed by atoms with van der Waals surface area (Å²) >= 11 is 0. The minimum Gasteiger partial charge on any atom is -0.497 e. The molecule has 35 heavy (non-hydrogen) atoms. The minimum absolute atomic E-state index is 0.118. The van der Waals surface area contributed by atoms with Gasteiger partial charge in [-0.2, -0.15) is 0 Å². The molecule has 1 saturated heterocycles. The largest absolute Gasteiger partial charge is 0.497 e. The van der Waals surface area contributed by atoms with Crippen molar-refractivity contribution in [1.82, 2.24) is 4.31 Å². The minimum atomic E-state index is -3.98. The molecule has 7 heteroatoms. The molecule has 1 heterocycles. The predicted octanol–water partition coefficient (Wildman–Crippen LogP) is 4.59. The summed E-state index contributed by atoms with van der Waals surface area (Å²) in [7, 11) is -2.47. The van der Waals surface area contributed by atoms with Gasteiger partial charge < -0.3 is 4.74 Å². The van der Waals surface area contributed by atoms with Gasteiger partial charge in [0.15, 0.2) is 11.6 Å². The first-order valence-corrected chi connectivity index (χ1v) is 12.8. The zero-order valence-corrected chi connectivity index (χ0v) is 20.3. The van der Waals surface area contributed by atoms with Gasteiger partial charge in [0, 0.05) is 29.4 Å². The van der Waals surface area contributed by atoms with Gasteiger partial charge in [-0.05, 0) is 49.6 Å². The van der Waals surface area contributed by atoms with Crippen LogP contribution in [-0.4, -0.2) is 37.9 Å². The fourth-order valence-electron chi connectivity index (χ4n) is 5.03. The molecule has 0 N–H and O–H groups in total. The number of carbonyl (C=O) groups excluding carboxylic acids is 2. The Morgan fingerprint density at radius 3 is 2.49 bits per heavy atom. The summed E-state index contributed by atoms with van der Waals surface area (Å²) in [4.78, 5) is 27.2. The molecular weight excluding hydrogens is 462 g/mol. The van der Waals surface area contributed by atoms with E-state index in [0.717, 1.165) is 11.1 Å². The lowest BCUT2D eigenvalue weighted by Gasteiger charge is -2.27. The first-order chi connectivity index (χ1) is 16.8. The van der Waals surface area contributed by atoms with Crippen molar-refractivity contribution >= 4 is 21.6 Å². The van der Waals surface area contributed by atoms with E-state index in [2.05, 4.69) is 0 Å². The molecule has 1 aliphatic carbocycles. The Morgan fingerprint density at radius 2 is 1.77 bits per heavy atom. The second-order valence-electron chi connectivity index (χ2n) is 9.01. The standard InChI is InChI=1S/C28H25NO5S/c1-19-10-12-23(13-11-19)35(32,33)29-15-14-28(18-21-6-3-4-9-24(21)27(28)31)26(29)17-25(30)20-7-5-8-22(16-20)34-2/h3-13,16-17H,14-15,18H2,1-2H3/b26-17-. The number of ether oxygens (including phenoxy) is 1. The first-order valence-electron chi connectivity index (χ1n) is 11.4. The van der Waals surface area contributed by atoms with E-state index in [1.807, 2.05) is 19.1 Å². The van der Waals surface area contributed by atoms with Crippen molar-refractivity contribution in [2.75, 3.05) is 13.7 Å². The highest BCUT2D eigenvalue weighted by Crippen LogP contribution is 2.51. The summed E-state index contributed by atoms with van der Waals surface area (Å²) in [6.45, 7) is 2.00. The van der Waals surface area contributed by atoms with Crippen molar-refractivity contribution in [2.45, 2.75) is 24.7 Å². The van der Waals surface area contributed by atoms with Crippen LogP contribution in [-0.2, 0) is 16.4 Å². The maximum Gasteiger partial charge on any atom is 0.264 e. The molecule has 0 radical (unpaired) electrons. The smallest absolute Gasteiger partial charge is 0.264 e. The van der Waals surface area contributed by atoms with Gasteiger partial charge in [0.25, 0.3) is 10.0 Å². The van der Waals surface area contributed by atoms with Crippen LogP contribution in [0.5, 0.6) is 5.75 Å². The van der Waals surface area contributed by atoms with Gasteiger partial charge in [-0.15, -0.1) is 0 Å². The van der Waals surface area contributed by atoms with Gasteiger partial charge in [0.2, 0.25) is 0 Å². The van der Waals surface area contributed by atoms with Gasteiger partial charge in [-0.1, -0.05) is 54.1 Å². The van der Waals surface area contributed by atoms with Crippen LogP contribution in [0.4, 0.5) is 0 Å². The molecule has 1 unspecified atom stereocenters. The number of rotatable bonds is 5. The van der Waals surface area contributed by atoms with Gasteiger partial charge >= 0.3 is 0 Å². The van der Waals surface area contributed by atoms with E-state index in [4.69, 9.17) is 4.74 Å². The van der Waals surface area contributed by atoms with E-state index in [0.29, 0.717) is 29.7 Å². The Balaban J connectivity index is 1.64. The van der Waals surface area contributed by atoms with Crippen LogP contribution in [0, 0.1) is 12.3 Å². The van der Waals surface area contributed by atoms with Crippen LogP contribution >= 0.6 is 0 Å². The number of aryl methyl sites for hydroxylation is 1. The van der Waals surface area contributed by atoms with E-state index >= 15 is 0 Å². The molecule has 3 aromatic carbocycles. The fraction of sp³-hybridized carbons (Fsp3) is 0.214. The van der Waals surface area contributed by atoms with E-state index in [1.54, 1.807) is 60.7 Å². The monoisotopic (exact) mass is 487 g/mol. The Labute approximate surface area is 204 Å². The Morgan fingerprint density at radius 1 is 1.03 bits per heavy atom. The summed E-state index contributed by atoms with van der Waals surface area (Å²) in [5, 5.41) is 0. The van der Waals surface area contributed by atoms with E-state index in [-0.39, 0.29) is 28.7 Å². The second-order valence-corrected chi connectivity index (χ2v) is 10.9. The molecule has 2 aliphatic rings. The lowest BCUT2D eigenvalue weighted by Crippen LogP contribution is -2.34. The summed E-state index contributed by atoms with van der Waals surface area (Å²) in [6, 6.07) is 20.6. The number of sulfonamides is 1. The SMILES string of the molecule is COc1cccc(C(=O)/C=C2\N(S(=O)(=O)c3ccc(C)cc3)CCC23Cc2ccccc2C3=O)c1. The van der Waals surface area contributed by atoms with Crippen molar-refractivity contribution in [3.63, 3.8) is 0 Å². The average molecular weight is 488 g/mol. The van der Waals surface area contributed by atoms with Gasteiger partial charge in [0.05, 0.1) is 17.4 Å². The number of nitrogens with zero attached hydrogens (tertiary/aromatic N) is 1. The van der Waals surface area contributed by atoms with E-state index in [1.165, 1.54) is 17.5 Å². The maximum atomic E-state index is 13.7.